The van der Waals surface area contributed by atoms with Gasteiger partial charge in [-0.15, -0.1) is 0 Å². The summed E-state index contributed by atoms with van der Waals surface area (Å²) in [6.45, 7) is 7.49. The van der Waals surface area contributed by atoms with Crippen molar-refractivity contribution in [1.29, 1.82) is 0 Å². The summed E-state index contributed by atoms with van der Waals surface area (Å²) in [6.07, 6.45) is 2.37. The molecule has 0 unspecified atom stereocenters. The molecule has 20 heavy (non-hydrogen) atoms. The van der Waals surface area contributed by atoms with Crippen LogP contribution in [-0.2, 0) is 11.3 Å². The third-order valence-corrected chi connectivity index (χ3v) is 4.18. The Balaban J connectivity index is 2.14. The molecule has 1 saturated heterocycles. The highest BCUT2D eigenvalue weighted by atomic mass is 16.5. The first kappa shape index (κ1) is 14.9. The number of methoxy groups -OCH3 is 1. The Morgan fingerprint density at radius 2 is 2.00 bits per heavy atom. The molecule has 4 heteroatoms. The SMILES string of the molecule is COC(=O)c1c(N)cccc1CN1CCC(C)(C)CC1. The second kappa shape index (κ2) is 5.83. The third kappa shape index (κ3) is 3.31. The van der Waals surface area contributed by atoms with Crippen molar-refractivity contribution in [3.63, 3.8) is 0 Å². The normalized spacial score (nSPS) is 18.8. The molecular formula is C16H24N2O2. The molecule has 1 aromatic carbocycles. The van der Waals surface area contributed by atoms with Gasteiger partial charge in [0.1, 0.15) is 0 Å². The Labute approximate surface area is 120 Å². The van der Waals surface area contributed by atoms with E-state index in [0.29, 0.717) is 16.7 Å². The summed E-state index contributed by atoms with van der Waals surface area (Å²) >= 11 is 0. The maximum Gasteiger partial charge on any atom is 0.340 e. The number of likely N-dealkylation sites (tertiary alicyclic amines) is 1. The van der Waals surface area contributed by atoms with E-state index in [0.717, 1.165) is 25.2 Å². The number of carbonyl (C=O) groups excluding carboxylic acids is 1. The van der Waals surface area contributed by atoms with Crippen LogP contribution in [0.2, 0.25) is 0 Å². The Bertz CT molecular complexity index is 487. The zero-order chi connectivity index (χ0) is 14.8. The van der Waals surface area contributed by atoms with Gasteiger partial charge in [-0.25, -0.2) is 4.79 Å². The summed E-state index contributed by atoms with van der Waals surface area (Å²) < 4.78 is 4.84. The highest BCUT2D eigenvalue weighted by Crippen LogP contribution is 2.31. The second-order valence-electron chi connectivity index (χ2n) is 6.31. The van der Waals surface area contributed by atoms with Crippen molar-refractivity contribution in [3.8, 4) is 0 Å². The molecule has 0 aromatic heterocycles. The lowest BCUT2D eigenvalue weighted by atomic mass is 9.82. The van der Waals surface area contributed by atoms with E-state index >= 15 is 0 Å². The van der Waals surface area contributed by atoms with Crippen LogP contribution in [0.25, 0.3) is 0 Å². The minimum absolute atomic E-state index is 0.351. The van der Waals surface area contributed by atoms with Crippen LogP contribution in [0.3, 0.4) is 0 Å². The number of hydrogen-bond acceptors (Lipinski definition) is 4. The number of hydrogen-bond donors (Lipinski definition) is 1. The van der Waals surface area contributed by atoms with Gasteiger partial charge in [-0.1, -0.05) is 26.0 Å². The highest BCUT2D eigenvalue weighted by molar-refractivity contribution is 5.96. The van der Waals surface area contributed by atoms with Gasteiger partial charge in [-0.05, 0) is 43.0 Å². The molecule has 1 aliphatic rings. The number of carbonyl (C=O) groups is 1. The van der Waals surface area contributed by atoms with Crippen LogP contribution in [0.5, 0.6) is 0 Å². The Morgan fingerprint density at radius 1 is 1.35 bits per heavy atom. The number of anilines is 1. The zero-order valence-corrected chi connectivity index (χ0v) is 12.6. The molecule has 0 spiro atoms. The maximum absolute atomic E-state index is 11.9. The third-order valence-electron chi connectivity index (χ3n) is 4.18. The zero-order valence-electron chi connectivity index (χ0n) is 12.6. The van der Waals surface area contributed by atoms with Gasteiger partial charge in [-0.3, -0.25) is 4.90 Å². The largest absolute Gasteiger partial charge is 0.465 e. The monoisotopic (exact) mass is 276 g/mol. The fourth-order valence-electron chi connectivity index (χ4n) is 2.66. The number of benzene rings is 1. The Hall–Kier alpha value is -1.55. The summed E-state index contributed by atoms with van der Waals surface area (Å²) in [5, 5.41) is 0. The first-order valence-corrected chi connectivity index (χ1v) is 7.11. The van der Waals surface area contributed by atoms with Crippen LogP contribution in [0.15, 0.2) is 18.2 Å². The van der Waals surface area contributed by atoms with Crippen molar-refractivity contribution < 1.29 is 9.53 Å². The average Bonchev–Trinajstić information content (AvgIpc) is 2.41. The van der Waals surface area contributed by atoms with Crippen molar-refractivity contribution >= 4 is 11.7 Å². The van der Waals surface area contributed by atoms with Crippen molar-refractivity contribution in [1.82, 2.24) is 4.90 Å². The molecule has 0 bridgehead atoms. The number of piperidine rings is 1. The Morgan fingerprint density at radius 3 is 2.60 bits per heavy atom. The van der Waals surface area contributed by atoms with E-state index < -0.39 is 0 Å². The smallest absolute Gasteiger partial charge is 0.340 e. The van der Waals surface area contributed by atoms with E-state index in [1.54, 1.807) is 6.07 Å². The molecule has 2 rings (SSSR count). The summed E-state index contributed by atoms with van der Waals surface area (Å²) in [4.78, 5) is 14.3. The second-order valence-corrected chi connectivity index (χ2v) is 6.31. The summed E-state index contributed by atoms with van der Waals surface area (Å²) in [7, 11) is 1.39. The molecule has 0 aliphatic carbocycles. The summed E-state index contributed by atoms with van der Waals surface area (Å²) in [5.41, 5.74) is 8.32. The van der Waals surface area contributed by atoms with Gasteiger partial charge < -0.3 is 10.5 Å². The average molecular weight is 276 g/mol. The topological polar surface area (TPSA) is 55.6 Å². The van der Waals surface area contributed by atoms with Crippen LogP contribution in [0.4, 0.5) is 5.69 Å². The fourth-order valence-corrected chi connectivity index (χ4v) is 2.66. The quantitative estimate of drug-likeness (QED) is 0.681. The lowest BCUT2D eigenvalue weighted by Gasteiger charge is -2.37. The number of rotatable bonds is 3. The molecule has 1 fully saturated rings. The minimum Gasteiger partial charge on any atom is -0.465 e. The van der Waals surface area contributed by atoms with Gasteiger partial charge in [0.25, 0.3) is 0 Å². The molecule has 1 heterocycles. The van der Waals surface area contributed by atoms with Crippen LogP contribution >= 0.6 is 0 Å². The van der Waals surface area contributed by atoms with Crippen molar-refractivity contribution in [2.24, 2.45) is 5.41 Å². The van der Waals surface area contributed by atoms with Crippen LogP contribution in [0.1, 0.15) is 42.6 Å². The predicted octanol–water partition coefficient (Wildman–Crippen LogP) is 2.68. The van der Waals surface area contributed by atoms with Gasteiger partial charge >= 0.3 is 5.97 Å². The van der Waals surface area contributed by atoms with Crippen LogP contribution in [0, 0.1) is 5.41 Å². The van der Waals surface area contributed by atoms with Crippen molar-refractivity contribution in [2.75, 3.05) is 25.9 Å². The molecule has 1 aliphatic heterocycles. The molecule has 0 radical (unpaired) electrons. The number of ether oxygens (including phenoxy) is 1. The van der Waals surface area contributed by atoms with Crippen LogP contribution < -0.4 is 5.73 Å². The van der Waals surface area contributed by atoms with E-state index in [2.05, 4.69) is 18.7 Å². The van der Waals surface area contributed by atoms with E-state index in [9.17, 15) is 4.79 Å². The highest BCUT2D eigenvalue weighted by Gasteiger charge is 2.26. The van der Waals surface area contributed by atoms with Gasteiger partial charge in [-0.2, -0.15) is 0 Å². The van der Waals surface area contributed by atoms with Crippen molar-refractivity contribution in [3.05, 3.63) is 29.3 Å². The molecule has 2 N–H and O–H groups in total. The van der Waals surface area contributed by atoms with E-state index in [4.69, 9.17) is 10.5 Å². The Kier molecular flexibility index (Phi) is 4.33. The van der Waals surface area contributed by atoms with Gasteiger partial charge in [0.2, 0.25) is 0 Å². The summed E-state index contributed by atoms with van der Waals surface area (Å²) in [6, 6.07) is 5.60. The molecule has 0 atom stereocenters. The van der Waals surface area contributed by atoms with Gasteiger partial charge in [0.15, 0.2) is 0 Å². The van der Waals surface area contributed by atoms with Crippen LogP contribution in [-0.4, -0.2) is 31.1 Å². The molecule has 0 saturated carbocycles. The van der Waals surface area contributed by atoms with E-state index in [1.807, 2.05) is 12.1 Å². The molecule has 1 aromatic rings. The lowest BCUT2D eigenvalue weighted by Crippen LogP contribution is -2.37. The van der Waals surface area contributed by atoms with Gasteiger partial charge in [0, 0.05) is 12.2 Å². The molecular weight excluding hydrogens is 252 g/mol. The molecule has 4 nitrogen and oxygen atoms in total. The number of esters is 1. The number of nitrogens with two attached hydrogens (primary N) is 1. The fraction of sp³-hybridized carbons (Fsp3) is 0.562. The first-order chi connectivity index (χ1) is 9.43. The minimum atomic E-state index is -0.351. The van der Waals surface area contributed by atoms with Gasteiger partial charge in [0.05, 0.1) is 12.7 Å². The van der Waals surface area contributed by atoms with Crippen molar-refractivity contribution in [2.45, 2.75) is 33.2 Å². The lowest BCUT2D eigenvalue weighted by molar-refractivity contribution is 0.0597. The maximum atomic E-state index is 11.9. The predicted molar refractivity (Wildman–Crippen MR) is 80.5 cm³/mol. The number of nitrogens with zero attached hydrogens (tertiary/aromatic N) is 1. The molecule has 110 valence electrons. The standard InChI is InChI=1S/C16H24N2O2/c1-16(2)7-9-18(10-8-16)11-12-5-4-6-13(17)14(12)15(19)20-3/h4-6H,7-11,17H2,1-3H3. The van der Waals surface area contributed by atoms with E-state index in [1.165, 1.54) is 20.0 Å². The summed E-state index contributed by atoms with van der Waals surface area (Å²) in [5.74, 6) is -0.351. The number of nitrogen functional groups attached to an aromatic ring is 1. The molecule has 0 amide bonds. The first-order valence-electron chi connectivity index (χ1n) is 7.11. The van der Waals surface area contributed by atoms with E-state index in [-0.39, 0.29) is 5.97 Å².